The summed E-state index contributed by atoms with van der Waals surface area (Å²) < 4.78 is 5.73. The summed E-state index contributed by atoms with van der Waals surface area (Å²) in [4.78, 5) is 125. The van der Waals surface area contributed by atoms with Crippen LogP contribution in [0.4, 0.5) is 0 Å². The molecule has 7 N–H and O–H groups in total. The van der Waals surface area contributed by atoms with Gasteiger partial charge in [-0.2, -0.15) is 0 Å². The molecule has 8 amide bonds. The molecular formula is C51H74N8O10. The zero-order valence-corrected chi connectivity index (χ0v) is 41.5. The number of nitrogens with one attached hydrogen (secondary N) is 5. The van der Waals surface area contributed by atoms with Gasteiger partial charge in [-0.05, 0) is 71.6 Å². The van der Waals surface area contributed by atoms with Crippen molar-refractivity contribution in [2.45, 2.75) is 142 Å². The number of nitrogens with zero attached hydrogens (tertiary/aromatic N) is 2. The van der Waals surface area contributed by atoms with E-state index in [2.05, 4.69) is 26.6 Å². The van der Waals surface area contributed by atoms with Crippen LogP contribution in [0.5, 0.6) is 0 Å². The van der Waals surface area contributed by atoms with E-state index < -0.39 is 102 Å². The first-order valence-corrected chi connectivity index (χ1v) is 23.6. The molecule has 2 aliphatic rings. The Morgan fingerprint density at radius 2 is 1.12 bits per heavy atom. The highest BCUT2D eigenvalue weighted by Crippen LogP contribution is 2.21. The number of rotatable bonds is 16. The molecule has 0 bridgehead atoms. The molecule has 18 heteroatoms. The van der Waals surface area contributed by atoms with Crippen LogP contribution >= 0.6 is 0 Å². The molecule has 0 aromatic carbocycles. The number of fused-ring (bicyclic) bond motifs is 1. The van der Waals surface area contributed by atoms with Gasteiger partial charge in [-0.1, -0.05) is 119 Å². The molecule has 0 aromatic rings. The van der Waals surface area contributed by atoms with Crippen LogP contribution in [-0.2, 0) is 47.9 Å². The Labute approximate surface area is 407 Å². The van der Waals surface area contributed by atoms with Crippen molar-refractivity contribution in [1.82, 2.24) is 36.4 Å². The molecule has 0 aliphatic carbocycles. The highest BCUT2D eigenvalue weighted by Gasteiger charge is 2.41. The lowest BCUT2D eigenvalue weighted by atomic mass is 9.99. The van der Waals surface area contributed by atoms with Gasteiger partial charge >= 0.3 is 5.97 Å². The number of hydrogen-bond acceptors (Lipinski definition) is 10. The SMILES string of the molecule is CC=C/C=C/C=C/C=C/C=C/C=C/C=C/C=C/C(=O)N(C)[C@@H]1C(=O)N[C@H](C)C(=O)N[C@@H](CC(C)C)C(=O)N[C@@H](CC(C)C)C(=O)N2CCC[C@H]2C(=O)N[C@@H](C)C(=O)N[C@@H](CCC(N)=O)C(=O)O[C@@H]1C. The molecule has 378 valence electrons. The smallest absolute Gasteiger partial charge is 0.329 e. The first-order chi connectivity index (χ1) is 32.7. The summed E-state index contributed by atoms with van der Waals surface area (Å²) in [6, 6.07) is -8.81. The number of carbonyl (C=O) groups excluding carboxylic acids is 9. The van der Waals surface area contributed by atoms with Crippen molar-refractivity contribution in [2.75, 3.05) is 13.6 Å². The summed E-state index contributed by atoms with van der Waals surface area (Å²) in [6.45, 7) is 13.7. The fourth-order valence-electron chi connectivity index (χ4n) is 7.35. The highest BCUT2D eigenvalue weighted by molar-refractivity contribution is 5.98. The largest absolute Gasteiger partial charge is 0.458 e. The fourth-order valence-corrected chi connectivity index (χ4v) is 7.35. The van der Waals surface area contributed by atoms with Gasteiger partial charge in [0.15, 0.2) is 0 Å². The Morgan fingerprint density at radius 1 is 0.652 bits per heavy atom. The summed E-state index contributed by atoms with van der Waals surface area (Å²) in [7, 11) is 1.30. The van der Waals surface area contributed by atoms with Crippen molar-refractivity contribution in [2.24, 2.45) is 17.6 Å². The van der Waals surface area contributed by atoms with E-state index in [-0.39, 0.29) is 50.5 Å². The predicted molar refractivity (Wildman–Crippen MR) is 264 cm³/mol. The number of likely N-dealkylation sites (N-methyl/N-ethyl adjacent to an activating group) is 1. The lowest BCUT2D eigenvalue weighted by Crippen LogP contribution is -2.61. The molecule has 0 radical (unpaired) electrons. The van der Waals surface area contributed by atoms with Gasteiger partial charge in [0.25, 0.3) is 0 Å². The van der Waals surface area contributed by atoms with E-state index in [9.17, 15) is 43.2 Å². The van der Waals surface area contributed by atoms with Crippen molar-refractivity contribution in [3.63, 3.8) is 0 Å². The second kappa shape index (κ2) is 30.5. The number of cyclic esters (lactones) is 1. The Morgan fingerprint density at radius 3 is 1.62 bits per heavy atom. The highest BCUT2D eigenvalue weighted by atomic mass is 16.5. The van der Waals surface area contributed by atoms with Crippen LogP contribution in [-0.4, -0.2) is 125 Å². The normalized spacial score (nSPS) is 25.8. The number of primary amides is 1. The minimum atomic E-state index is -1.57. The number of carbonyl (C=O) groups is 9. The van der Waals surface area contributed by atoms with Crippen LogP contribution in [0.2, 0.25) is 0 Å². The van der Waals surface area contributed by atoms with Crippen molar-refractivity contribution in [3.05, 3.63) is 97.2 Å². The van der Waals surface area contributed by atoms with E-state index in [1.807, 2.05) is 95.4 Å². The topological polar surface area (TPSA) is 256 Å². The Bertz CT molecular complexity index is 2050. The molecule has 18 nitrogen and oxygen atoms in total. The van der Waals surface area contributed by atoms with Crippen LogP contribution in [0, 0.1) is 11.8 Å². The summed E-state index contributed by atoms with van der Waals surface area (Å²) in [5.74, 6) is -7.03. The molecule has 0 saturated carbocycles. The second-order valence-corrected chi connectivity index (χ2v) is 17.8. The minimum Gasteiger partial charge on any atom is -0.458 e. The molecule has 2 saturated heterocycles. The van der Waals surface area contributed by atoms with Crippen LogP contribution in [0.15, 0.2) is 97.2 Å². The third-order valence-electron chi connectivity index (χ3n) is 10.9. The van der Waals surface area contributed by atoms with Crippen LogP contribution in [0.1, 0.15) is 93.9 Å². The number of nitrogens with two attached hydrogens (primary N) is 1. The number of hydrogen-bond donors (Lipinski definition) is 6. The molecule has 0 aromatic heterocycles. The summed E-state index contributed by atoms with van der Waals surface area (Å²) in [6.07, 6.45) is 27.3. The fraction of sp³-hybridized carbons (Fsp3) is 0.510. The van der Waals surface area contributed by atoms with Gasteiger partial charge in [-0.3, -0.25) is 38.4 Å². The van der Waals surface area contributed by atoms with E-state index in [1.165, 1.54) is 44.9 Å². The lowest BCUT2D eigenvalue weighted by Gasteiger charge is -2.33. The Hall–Kier alpha value is -6.85. The number of amides is 8. The number of esters is 1. The summed E-state index contributed by atoms with van der Waals surface area (Å²) in [5.41, 5.74) is 5.39. The van der Waals surface area contributed by atoms with Crippen molar-refractivity contribution in [3.8, 4) is 0 Å². The quantitative estimate of drug-likeness (QED) is 0.0749. The maximum atomic E-state index is 14.2. The summed E-state index contributed by atoms with van der Waals surface area (Å²) >= 11 is 0. The zero-order chi connectivity index (χ0) is 51.6. The van der Waals surface area contributed by atoms with Gasteiger partial charge in [0, 0.05) is 26.1 Å². The number of allylic oxidation sites excluding steroid dienone is 15. The maximum absolute atomic E-state index is 14.2. The van der Waals surface area contributed by atoms with Gasteiger partial charge < -0.3 is 46.9 Å². The molecule has 0 spiro atoms. The standard InChI is InChI=1S/C51H74N8O10/c1-10-11-12-13-14-15-16-17-18-19-20-21-22-23-24-27-43(61)58(9)44-37(8)69-51(68)38(28-29-42(52)60)55-45(62)35(6)53-48(65)41-26-25-30-59(41)50(67)40(32-34(4)5)57-47(64)39(31-33(2)3)56-46(63)36(7)54-49(44)66/h10-24,27,33-41,44H,25-26,28-32H2,1-9H3,(H2,52,60)(H,53,65)(H,54,66)(H,55,62)(H,56,63)(H,57,64)/b11-10?,13-12+,15-14+,17-16+,19-18+,21-20+,23-22+,27-24+/t35-,36+,37+,38-,39-,40-,41-,44-/m0/s1. The first-order valence-electron chi connectivity index (χ1n) is 23.6. The molecular weight excluding hydrogens is 885 g/mol. The summed E-state index contributed by atoms with van der Waals surface area (Å²) in [5, 5.41) is 13.2. The van der Waals surface area contributed by atoms with Gasteiger partial charge in [0.2, 0.25) is 47.3 Å². The Kier molecular flexibility index (Phi) is 25.8. The average Bonchev–Trinajstić information content (AvgIpc) is 3.78. The van der Waals surface area contributed by atoms with Gasteiger partial charge in [-0.25, -0.2) is 4.79 Å². The second-order valence-electron chi connectivity index (χ2n) is 17.8. The lowest BCUT2D eigenvalue weighted by molar-refractivity contribution is -0.160. The molecule has 2 heterocycles. The third-order valence-corrected chi connectivity index (χ3v) is 10.9. The molecule has 8 atom stereocenters. The zero-order valence-electron chi connectivity index (χ0n) is 41.5. The van der Waals surface area contributed by atoms with Crippen molar-refractivity contribution >= 4 is 53.2 Å². The third kappa shape index (κ3) is 20.9. The van der Waals surface area contributed by atoms with Crippen LogP contribution in [0.3, 0.4) is 0 Å². The molecule has 69 heavy (non-hydrogen) atoms. The average molecular weight is 959 g/mol. The van der Waals surface area contributed by atoms with E-state index in [0.29, 0.717) is 6.42 Å². The van der Waals surface area contributed by atoms with E-state index >= 15 is 0 Å². The van der Waals surface area contributed by atoms with E-state index in [1.54, 1.807) is 24.3 Å². The Balaban J connectivity index is 2.53. The van der Waals surface area contributed by atoms with E-state index in [4.69, 9.17) is 10.5 Å². The molecule has 2 rings (SSSR count). The van der Waals surface area contributed by atoms with Crippen LogP contribution < -0.4 is 32.3 Å². The van der Waals surface area contributed by atoms with Gasteiger partial charge in [0.1, 0.15) is 48.4 Å². The number of ether oxygens (including phenoxy) is 1. The molecule has 2 aliphatic heterocycles. The molecule has 0 unspecified atom stereocenters. The van der Waals surface area contributed by atoms with Gasteiger partial charge in [0.05, 0.1) is 0 Å². The van der Waals surface area contributed by atoms with Gasteiger partial charge in [-0.15, -0.1) is 0 Å². The molecule has 2 fully saturated rings. The van der Waals surface area contributed by atoms with Crippen molar-refractivity contribution in [1.29, 1.82) is 0 Å². The first kappa shape index (κ1) is 58.3. The monoisotopic (exact) mass is 959 g/mol. The van der Waals surface area contributed by atoms with E-state index in [0.717, 1.165) is 4.90 Å². The van der Waals surface area contributed by atoms with Crippen LogP contribution in [0.25, 0.3) is 0 Å². The predicted octanol–water partition coefficient (Wildman–Crippen LogP) is 3.04. The minimum absolute atomic E-state index is 0.0705. The van der Waals surface area contributed by atoms with Crippen molar-refractivity contribution < 1.29 is 47.9 Å². The maximum Gasteiger partial charge on any atom is 0.329 e.